The average molecular weight is 296 g/mol. The molecule has 1 fully saturated rings. The van der Waals surface area contributed by atoms with Crippen molar-refractivity contribution in [2.24, 2.45) is 11.8 Å². The van der Waals surface area contributed by atoms with Gasteiger partial charge in [0.05, 0.1) is 12.3 Å². The van der Waals surface area contributed by atoms with Gasteiger partial charge in [-0.25, -0.2) is 4.79 Å². The summed E-state index contributed by atoms with van der Waals surface area (Å²) in [5.74, 6) is -2.48. The number of halogens is 3. The fourth-order valence-corrected chi connectivity index (χ4v) is 2.36. The Morgan fingerprint density at radius 2 is 1.90 bits per heavy atom. The third-order valence-electron chi connectivity index (χ3n) is 3.42. The number of rotatable bonds is 5. The maximum atomic E-state index is 12.6. The molecule has 1 aliphatic rings. The van der Waals surface area contributed by atoms with E-state index in [4.69, 9.17) is 5.11 Å². The molecule has 0 saturated heterocycles. The number of aliphatic carboxylic acids is 1. The van der Waals surface area contributed by atoms with Gasteiger partial charge in [0.15, 0.2) is 0 Å². The Morgan fingerprint density at radius 1 is 1.20 bits per heavy atom. The SMILES string of the molecule is O=C(O)CCNC(=O)NCC1CCCC(C(F)(F)F)C1. The van der Waals surface area contributed by atoms with Gasteiger partial charge in [0.1, 0.15) is 0 Å². The zero-order chi connectivity index (χ0) is 15.2. The molecular formula is C12H19F3N2O3. The number of hydrogen-bond donors (Lipinski definition) is 3. The molecule has 0 aromatic rings. The first-order valence-corrected chi connectivity index (χ1v) is 6.59. The Morgan fingerprint density at radius 3 is 2.50 bits per heavy atom. The fraction of sp³-hybridized carbons (Fsp3) is 0.833. The van der Waals surface area contributed by atoms with Crippen LogP contribution in [-0.2, 0) is 4.79 Å². The fourth-order valence-electron chi connectivity index (χ4n) is 2.36. The minimum Gasteiger partial charge on any atom is -0.481 e. The van der Waals surface area contributed by atoms with E-state index >= 15 is 0 Å². The lowest BCUT2D eigenvalue weighted by molar-refractivity contribution is -0.185. The Hall–Kier alpha value is -1.47. The van der Waals surface area contributed by atoms with E-state index in [-0.39, 0.29) is 38.3 Å². The van der Waals surface area contributed by atoms with Crippen LogP contribution in [0.3, 0.4) is 0 Å². The van der Waals surface area contributed by atoms with Gasteiger partial charge in [-0.15, -0.1) is 0 Å². The number of carboxylic acids is 1. The van der Waals surface area contributed by atoms with E-state index in [9.17, 15) is 22.8 Å². The maximum absolute atomic E-state index is 12.6. The van der Waals surface area contributed by atoms with Crippen LogP contribution in [-0.4, -0.2) is 36.4 Å². The average Bonchev–Trinajstić information content (AvgIpc) is 2.35. The highest BCUT2D eigenvalue weighted by Crippen LogP contribution is 2.39. The number of alkyl halides is 3. The summed E-state index contributed by atoms with van der Waals surface area (Å²) in [5.41, 5.74) is 0. The molecular weight excluding hydrogens is 277 g/mol. The summed E-state index contributed by atoms with van der Waals surface area (Å²) < 4.78 is 37.8. The molecule has 8 heteroatoms. The lowest BCUT2D eigenvalue weighted by Gasteiger charge is -2.30. The van der Waals surface area contributed by atoms with Crippen LogP contribution in [0.4, 0.5) is 18.0 Å². The van der Waals surface area contributed by atoms with Crippen molar-refractivity contribution in [1.29, 1.82) is 0 Å². The molecule has 3 N–H and O–H groups in total. The molecule has 1 aliphatic carbocycles. The highest BCUT2D eigenvalue weighted by Gasteiger charge is 2.42. The second kappa shape index (κ2) is 7.35. The molecule has 2 atom stereocenters. The van der Waals surface area contributed by atoms with Gasteiger partial charge < -0.3 is 15.7 Å². The van der Waals surface area contributed by atoms with Gasteiger partial charge in [-0.2, -0.15) is 13.2 Å². The van der Waals surface area contributed by atoms with Gasteiger partial charge in [0.25, 0.3) is 0 Å². The third kappa shape index (κ3) is 6.12. The van der Waals surface area contributed by atoms with Crippen LogP contribution in [0.5, 0.6) is 0 Å². The van der Waals surface area contributed by atoms with Gasteiger partial charge in [0, 0.05) is 13.1 Å². The van der Waals surface area contributed by atoms with Gasteiger partial charge >= 0.3 is 18.2 Å². The first-order valence-electron chi connectivity index (χ1n) is 6.59. The molecule has 2 amide bonds. The van der Waals surface area contributed by atoms with E-state index in [0.29, 0.717) is 12.8 Å². The molecule has 0 radical (unpaired) electrons. The summed E-state index contributed by atoms with van der Waals surface area (Å²) in [6.45, 7) is 0.183. The molecule has 0 heterocycles. The van der Waals surface area contributed by atoms with Crippen LogP contribution >= 0.6 is 0 Å². The molecule has 0 bridgehead atoms. The van der Waals surface area contributed by atoms with Crippen molar-refractivity contribution in [2.75, 3.05) is 13.1 Å². The lowest BCUT2D eigenvalue weighted by Crippen LogP contribution is -2.40. The molecule has 116 valence electrons. The van der Waals surface area contributed by atoms with Crippen molar-refractivity contribution < 1.29 is 27.9 Å². The Balaban J connectivity index is 2.24. The van der Waals surface area contributed by atoms with Crippen LogP contribution in [0.15, 0.2) is 0 Å². The Labute approximate surface area is 114 Å². The van der Waals surface area contributed by atoms with Gasteiger partial charge in [-0.3, -0.25) is 4.79 Å². The van der Waals surface area contributed by atoms with E-state index < -0.39 is 24.1 Å². The quantitative estimate of drug-likeness (QED) is 0.727. The van der Waals surface area contributed by atoms with Crippen LogP contribution < -0.4 is 10.6 Å². The molecule has 20 heavy (non-hydrogen) atoms. The van der Waals surface area contributed by atoms with Crippen molar-refractivity contribution in [1.82, 2.24) is 10.6 Å². The van der Waals surface area contributed by atoms with Crippen molar-refractivity contribution >= 4 is 12.0 Å². The third-order valence-corrected chi connectivity index (χ3v) is 3.42. The van der Waals surface area contributed by atoms with Crippen molar-refractivity contribution in [2.45, 2.75) is 38.3 Å². The van der Waals surface area contributed by atoms with Gasteiger partial charge in [0.2, 0.25) is 0 Å². The minimum absolute atomic E-state index is 0.00297. The highest BCUT2D eigenvalue weighted by atomic mass is 19.4. The Bertz CT molecular complexity index is 347. The summed E-state index contributed by atoms with van der Waals surface area (Å²) in [5, 5.41) is 13.2. The Kier molecular flexibility index (Phi) is 6.09. The molecule has 0 spiro atoms. The first-order chi connectivity index (χ1) is 9.29. The summed E-state index contributed by atoms with van der Waals surface area (Å²) in [6, 6.07) is -0.541. The van der Waals surface area contributed by atoms with E-state index in [0.717, 1.165) is 0 Å². The summed E-state index contributed by atoms with van der Waals surface area (Å²) in [7, 11) is 0. The summed E-state index contributed by atoms with van der Waals surface area (Å²) in [4.78, 5) is 21.5. The molecule has 0 aromatic carbocycles. The van der Waals surface area contributed by atoms with Crippen molar-refractivity contribution in [3.05, 3.63) is 0 Å². The highest BCUT2D eigenvalue weighted by molar-refractivity contribution is 5.74. The van der Waals surface area contributed by atoms with Crippen LogP contribution in [0, 0.1) is 11.8 Å². The summed E-state index contributed by atoms with van der Waals surface area (Å²) >= 11 is 0. The smallest absolute Gasteiger partial charge is 0.391 e. The van der Waals surface area contributed by atoms with E-state index in [1.807, 2.05) is 0 Å². The normalized spacial score (nSPS) is 23.1. The number of nitrogens with one attached hydrogen (secondary N) is 2. The van der Waals surface area contributed by atoms with Crippen molar-refractivity contribution in [3.8, 4) is 0 Å². The lowest BCUT2D eigenvalue weighted by atomic mass is 9.81. The van der Waals surface area contributed by atoms with Crippen LogP contribution in [0.1, 0.15) is 32.1 Å². The monoisotopic (exact) mass is 296 g/mol. The van der Waals surface area contributed by atoms with E-state index in [2.05, 4.69) is 10.6 Å². The second-order valence-corrected chi connectivity index (χ2v) is 5.05. The number of urea groups is 1. The zero-order valence-electron chi connectivity index (χ0n) is 11.0. The minimum atomic E-state index is -4.16. The van der Waals surface area contributed by atoms with Gasteiger partial charge in [-0.05, 0) is 25.2 Å². The number of carboxylic acid groups (broad SMARTS) is 1. The van der Waals surface area contributed by atoms with Gasteiger partial charge in [-0.1, -0.05) is 6.42 Å². The number of carbonyl (C=O) groups excluding carboxylic acids is 1. The first kappa shape index (κ1) is 16.6. The van der Waals surface area contributed by atoms with Crippen molar-refractivity contribution in [3.63, 3.8) is 0 Å². The molecule has 0 aromatic heterocycles. The molecule has 0 aliphatic heterocycles. The molecule has 1 rings (SSSR count). The molecule has 2 unspecified atom stereocenters. The standard InChI is InChI=1S/C12H19F3N2O3/c13-12(14,15)9-3-1-2-8(6-9)7-17-11(20)16-5-4-10(18)19/h8-9H,1-7H2,(H,18,19)(H2,16,17,20). The predicted octanol–water partition coefficient (Wildman–Crippen LogP) is 2.13. The zero-order valence-corrected chi connectivity index (χ0v) is 11.0. The van der Waals surface area contributed by atoms with E-state index in [1.165, 1.54) is 0 Å². The number of carbonyl (C=O) groups is 2. The number of hydrogen-bond acceptors (Lipinski definition) is 2. The predicted molar refractivity (Wildman–Crippen MR) is 65.2 cm³/mol. The summed E-state index contributed by atoms with van der Waals surface area (Å²) in [6.07, 6.45) is -2.97. The van der Waals surface area contributed by atoms with E-state index in [1.54, 1.807) is 0 Å². The second-order valence-electron chi connectivity index (χ2n) is 5.05. The van der Waals surface area contributed by atoms with Crippen LogP contribution in [0.2, 0.25) is 0 Å². The van der Waals surface area contributed by atoms with Crippen LogP contribution in [0.25, 0.3) is 0 Å². The molecule has 5 nitrogen and oxygen atoms in total. The largest absolute Gasteiger partial charge is 0.481 e. The molecule has 1 saturated carbocycles. The number of amides is 2. The maximum Gasteiger partial charge on any atom is 0.391 e. The topological polar surface area (TPSA) is 78.4 Å².